The van der Waals surface area contributed by atoms with E-state index in [1.54, 1.807) is 4.90 Å². The molecule has 1 aromatic carbocycles. The molecule has 1 N–H and O–H groups in total. The number of unbranched alkanes of at least 4 members (excludes halogenated alkanes) is 1. The standard InChI is InChI=1S/C27H41N3O4/c1-4-5-9-23-27(34-26(33)30(23)18-19-31)12-16-28(17-13-27)22-10-14-29(15-11-22)25(32)24-20(2)7-6-8-21(24)3/h6-8,22-23,31H,4-5,9-19H2,1-3H3. The number of amides is 2. The van der Waals surface area contributed by atoms with Gasteiger partial charge in [0.15, 0.2) is 0 Å². The Kier molecular flexibility index (Phi) is 7.83. The summed E-state index contributed by atoms with van der Waals surface area (Å²) in [6.45, 7) is 9.93. The Morgan fingerprint density at radius 3 is 2.35 bits per heavy atom. The Morgan fingerprint density at radius 2 is 1.76 bits per heavy atom. The van der Waals surface area contributed by atoms with Crippen LogP contribution in [0.15, 0.2) is 18.2 Å². The van der Waals surface area contributed by atoms with Crippen LogP contribution >= 0.6 is 0 Å². The maximum absolute atomic E-state index is 13.2. The number of carbonyl (C=O) groups excluding carboxylic acids is 2. The van der Waals surface area contributed by atoms with Crippen molar-refractivity contribution in [3.8, 4) is 0 Å². The molecule has 7 nitrogen and oxygen atoms in total. The van der Waals surface area contributed by atoms with E-state index in [0.717, 1.165) is 87.8 Å². The van der Waals surface area contributed by atoms with E-state index in [1.807, 2.05) is 36.9 Å². The first-order valence-electron chi connectivity index (χ1n) is 13.1. The molecule has 1 aromatic rings. The van der Waals surface area contributed by atoms with Crippen LogP contribution < -0.4 is 0 Å². The minimum Gasteiger partial charge on any atom is -0.440 e. The topological polar surface area (TPSA) is 73.3 Å². The van der Waals surface area contributed by atoms with Gasteiger partial charge in [-0.25, -0.2) is 4.79 Å². The summed E-state index contributed by atoms with van der Waals surface area (Å²) in [5, 5.41) is 9.46. The largest absolute Gasteiger partial charge is 0.440 e. The molecule has 0 bridgehead atoms. The van der Waals surface area contributed by atoms with Crippen molar-refractivity contribution in [2.24, 2.45) is 0 Å². The third kappa shape index (κ3) is 4.82. The quantitative estimate of drug-likeness (QED) is 0.656. The van der Waals surface area contributed by atoms with Crippen molar-refractivity contribution in [2.75, 3.05) is 39.3 Å². The number of ether oxygens (including phenoxy) is 1. The number of aliphatic hydroxyl groups excluding tert-OH is 1. The van der Waals surface area contributed by atoms with Crippen molar-refractivity contribution in [3.05, 3.63) is 34.9 Å². The van der Waals surface area contributed by atoms with Crippen LogP contribution in [0.3, 0.4) is 0 Å². The molecule has 3 aliphatic rings. The minimum absolute atomic E-state index is 0.0285. The summed E-state index contributed by atoms with van der Waals surface area (Å²) in [4.78, 5) is 32.1. The highest BCUT2D eigenvalue weighted by atomic mass is 16.6. The number of hydrogen-bond acceptors (Lipinski definition) is 5. The molecule has 3 aliphatic heterocycles. The molecule has 0 aliphatic carbocycles. The lowest BCUT2D eigenvalue weighted by molar-refractivity contribution is -0.0384. The summed E-state index contributed by atoms with van der Waals surface area (Å²) in [5.41, 5.74) is 2.53. The average molecular weight is 472 g/mol. The van der Waals surface area contributed by atoms with Gasteiger partial charge in [0.25, 0.3) is 5.91 Å². The van der Waals surface area contributed by atoms with Gasteiger partial charge in [0.05, 0.1) is 12.6 Å². The summed E-state index contributed by atoms with van der Waals surface area (Å²) in [5.74, 6) is 0.159. The van der Waals surface area contributed by atoms with E-state index >= 15 is 0 Å². The van der Waals surface area contributed by atoms with Crippen molar-refractivity contribution in [3.63, 3.8) is 0 Å². The van der Waals surface area contributed by atoms with Crippen molar-refractivity contribution in [1.82, 2.24) is 14.7 Å². The molecule has 1 spiro atoms. The summed E-state index contributed by atoms with van der Waals surface area (Å²) >= 11 is 0. The smallest absolute Gasteiger partial charge is 0.410 e. The van der Waals surface area contributed by atoms with Crippen LogP contribution in [0.2, 0.25) is 0 Å². The summed E-state index contributed by atoms with van der Waals surface area (Å²) in [7, 11) is 0. The summed E-state index contributed by atoms with van der Waals surface area (Å²) < 4.78 is 6.02. The van der Waals surface area contributed by atoms with Crippen LogP contribution in [-0.4, -0.2) is 88.8 Å². The van der Waals surface area contributed by atoms with E-state index in [-0.39, 0.29) is 24.6 Å². The van der Waals surface area contributed by atoms with E-state index in [2.05, 4.69) is 11.8 Å². The number of piperidine rings is 2. The molecule has 4 rings (SSSR count). The predicted octanol–water partition coefficient (Wildman–Crippen LogP) is 3.75. The Hall–Kier alpha value is -2.12. The van der Waals surface area contributed by atoms with Gasteiger partial charge in [-0.2, -0.15) is 0 Å². The number of rotatable bonds is 7. The molecule has 3 heterocycles. The monoisotopic (exact) mass is 471 g/mol. The zero-order valence-corrected chi connectivity index (χ0v) is 21.1. The Bertz CT molecular complexity index is 852. The molecule has 0 saturated carbocycles. The second kappa shape index (κ2) is 10.6. The van der Waals surface area contributed by atoms with Crippen LogP contribution in [-0.2, 0) is 4.74 Å². The summed E-state index contributed by atoms with van der Waals surface area (Å²) in [6, 6.07) is 6.57. The number of nitrogens with zero attached hydrogens (tertiary/aromatic N) is 3. The van der Waals surface area contributed by atoms with Gasteiger partial charge in [0, 0.05) is 57.2 Å². The average Bonchev–Trinajstić information content (AvgIpc) is 3.08. The zero-order chi connectivity index (χ0) is 24.3. The van der Waals surface area contributed by atoms with Gasteiger partial charge in [-0.3, -0.25) is 14.6 Å². The lowest BCUT2D eigenvalue weighted by Crippen LogP contribution is -2.56. The fourth-order valence-corrected chi connectivity index (χ4v) is 6.33. The first-order chi connectivity index (χ1) is 16.4. The lowest BCUT2D eigenvalue weighted by Gasteiger charge is -2.46. The number of hydrogen-bond donors (Lipinski definition) is 1. The zero-order valence-electron chi connectivity index (χ0n) is 21.1. The number of β-amino-alcohol motifs (C(OH)–C–C–N with tert-alkyl or cyclic N) is 1. The molecule has 7 heteroatoms. The van der Waals surface area contributed by atoms with Crippen molar-refractivity contribution in [1.29, 1.82) is 0 Å². The van der Waals surface area contributed by atoms with Crippen LogP contribution in [0, 0.1) is 13.8 Å². The van der Waals surface area contributed by atoms with Crippen molar-refractivity contribution < 1.29 is 19.4 Å². The normalized spacial score (nSPS) is 23.5. The van der Waals surface area contributed by atoms with Gasteiger partial charge in [0.1, 0.15) is 5.60 Å². The molecule has 3 fully saturated rings. The Morgan fingerprint density at radius 1 is 1.12 bits per heavy atom. The number of carbonyl (C=O) groups is 2. The molecule has 3 saturated heterocycles. The van der Waals surface area contributed by atoms with Gasteiger partial charge in [0.2, 0.25) is 0 Å². The fraction of sp³-hybridized carbons (Fsp3) is 0.704. The van der Waals surface area contributed by atoms with Crippen LogP contribution in [0.1, 0.15) is 73.4 Å². The van der Waals surface area contributed by atoms with Gasteiger partial charge in [-0.15, -0.1) is 0 Å². The third-order valence-electron chi connectivity index (χ3n) is 8.29. The SMILES string of the molecule is CCCCC1N(CCO)C(=O)OC12CCN(C1CCN(C(=O)c3c(C)cccc3C)CC1)CC2. The Labute approximate surface area is 204 Å². The van der Waals surface area contributed by atoms with E-state index in [4.69, 9.17) is 4.74 Å². The van der Waals surface area contributed by atoms with Gasteiger partial charge >= 0.3 is 6.09 Å². The van der Waals surface area contributed by atoms with Crippen LogP contribution in [0.5, 0.6) is 0 Å². The number of benzene rings is 1. The van der Waals surface area contributed by atoms with E-state index in [9.17, 15) is 14.7 Å². The first-order valence-corrected chi connectivity index (χ1v) is 13.1. The molecule has 2 amide bonds. The summed E-state index contributed by atoms with van der Waals surface area (Å²) in [6.07, 6.45) is 6.47. The first kappa shape index (κ1) is 25.0. The number of aryl methyl sites for hydroxylation is 2. The molecule has 1 atom stereocenters. The van der Waals surface area contributed by atoms with E-state index in [0.29, 0.717) is 12.6 Å². The molecule has 188 valence electrons. The number of aliphatic hydroxyl groups is 1. The van der Waals surface area contributed by atoms with Crippen molar-refractivity contribution >= 4 is 12.0 Å². The maximum Gasteiger partial charge on any atom is 0.410 e. The molecular weight excluding hydrogens is 430 g/mol. The highest BCUT2D eigenvalue weighted by Crippen LogP contribution is 2.41. The second-order valence-electron chi connectivity index (χ2n) is 10.3. The van der Waals surface area contributed by atoms with Crippen LogP contribution in [0.25, 0.3) is 0 Å². The Balaban J connectivity index is 1.34. The van der Waals surface area contributed by atoms with Crippen molar-refractivity contribution in [2.45, 2.75) is 83.4 Å². The van der Waals surface area contributed by atoms with Gasteiger partial charge in [-0.05, 0) is 44.2 Å². The molecule has 34 heavy (non-hydrogen) atoms. The molecule has 1 unspecified atom stereocenters. The highest BCUT2D eigenvalue weighted by Gasteiger charge is 2.54. The molecule has 0 aromatic heterocycles. The molecule has 0 radical (unpaired) electrons. The number of likely N-dealkylation sites (tertiary alicyclic amines) is 2. The van der Waals surface area contributed by atoms with E-state index < -0.39 is 5.60 Å². The van der Waals surface area contributed by atoms with Gasteiger partial charge in [-0.1, -0.05) is 38.0 Å². The van der Waals surface area contributed by atoms with Crippen LogP contribution in [0.4, 0.5) is 4.79 Å². The van der Waals surface area contributed by atoms with Gasteiger partial charge < -0.3 is 14.7 Å². The maximum atomic E-state index is 13.2. The fourth-order valence-electron chi connectivity index (χ4n) is 6.33. The highest BCUT2D eigenvalue weighted by molar-refractivity contribution is 5.97. The second-order valence-corrected chi connectivity index (χ2v) is 10.3. The lowest BCUT2D eigenvalue weighted by atomic mass is 9.81. The molecular formula is C27H41N3O4. The van der Waals surface area contributed by atoms with E-state index in [1.165, 1.54) is 0 Å². The third-order valence-corrected chi connectivity index (χ3v) is 8.29. The predicted molar refractivity (Wildman–Crippen MR) is 132 cm³/mol. The minimum atomic E-state index is -0.420.